The standard InChI is InChI=1S/C2H2N2OS.CH3NOS.Na.H/c3-1-4-2(5)6;2-1(3)4;;/h(H2,4,5,6);(H3,2,3,4);;/q;;+1;-1. The van der Waals surface area contributed by atoms with Gasteiger partial charge in [0, 0.05) is 0 Å². The van der Waals surface area contributed by atoms with E-state index in [-0.39, 0.29) is 31.0 Å². The molecular formula is C3H6N3NaO2S2. The molecule has 11 heavy (non-hydrogen) atoms. The van der Waals surface area contributed by atoms with Crippen molar-refractivity contribution in [1.82, 2.24) is 5.32 Å². The predicted molar refractivity (Wildman–Crippen MR) is 42.8 cm³/mol. The zero-order valence-electron chi connectivity index (χ0n) is 6.74. The molecule has 2 amide bonds. The number of nitrogens with one attached hydrogen (secondary N) is 1. The Kier molecular flexibility index (Phi) is 20.1. The molecule has 0 aliphatic rings. The molecule has 0 aromatic heterocycles. The smallest absolute Gasteiger partial charge is 1.00 e. The molecule has 5 nitrogen and oxygen atoms in total. The van der Waals surface area contributed by atoms with E-state index in [0.717, 1.165) is 0 Å². The summed E-state index contributed by atoms with van der Waals surface area (Å²) in [7, 11) is 0. The van der Waals surface area contributed by atoms with Crippen LogP contribution in [0.3, 0.4) is 0 Å². The Hall–Kier alpha value is 0.130. The van der Waals surface area contributed by atoms with E-state index in [1.807, 2.05) is 0 Å². The van der Waals surface area contributed by atoms with E-state index in [9.17, 15) is 4.79 Å². The van der Waals surface area contributed by atoms with Crippen LogP contribution in [0.25, 0.3) is 0 Å². The van der Waals surface area contributed by atoms with Crippen LogP contribution < -0.4 is 40.6 Å². The first-order chi connectivity index (χ1) is 4.50. The van der Waals surface area contributed by atoms with Crippen LogP contribution in [-0.2, 0) is 0 Å². The number of thiol groups is 2. The number of amides is 2. The quantitative estimate of drug-likeness (QED) is 0.148. The summed E-state index contributed by atoms with van der Waals surface area (Å²) in [5, 5.41) is 8.08. The molecule has 0 atom stereocenters. The molecule has 0 radical (unpaired) electrons. The fourth-order valence-corrected chi connectivity index (χ4v) is 0.0978. The Labute approximate surface area is 98.3 Å². The minimum absolute atomic E-state index is 0. The summed E-state index contributed by atoms with van der Waals surface area (Å²) in [6, 6.07) is 0. The predicted octanol–water partition coefficient (Wildman–Crippen LogP) is -2.78. The van der Waals surface area contributed by atoms with Crippen LogP contribution in [0.1, 0.15) is 1.43 Å². The van der Waals surface area contributed by atoms with Crippen molar-refractivity contribution >= 4 is 35.7 Å². The molecule has 58 valence electrons. The van der Waals surface area contributed by atoms with E-state index in [0.29, 0.717) is 0 Å². The maximum atomic E-state index is 9.57. The van der Waals surface area contributed by atoms with Crippen LogP contribution in [0.4, 0.5) is 9.59 Å². The van der Waals surface area contributed by atoms with Crippen LogP contribution in [0.5, 0.6) is 0 Å². The normalized spacial score (nSPS) is 5.55. The van der Waals surface area contributed by atoms with Crippen LogP contribution in [0, 0.1) is 11.5 Å². The molecule has 0 fully saturated rings. The topological polar surface area (TPSA) is 96.0 Å². The number of carbonyl (C=O) groups excluding carboxylic acids is 2. The number of hydrogen-bond acceptors (Lipinski definition) is 3. The second-order valence-corrected chi connectivity index (χ2v) is 1.73. The maximum absolute atomic E-state index is 9.57. The van der Waals surface area contributed by atoms with Crippen molar-refractivity contribution in [3.8, 4) is 6.19 Å². The molecule has 0 aromatic rings. The number of nitriles is 1. The van der Waals surface area contributed by atoms with E-state index < -0.39 is 10.5 Å². The van der Waals surface area contributed by atoms with Crippen molar-refractivity contribution in [2.45, 2.75) is 0 Å². The van der Waals surface area contributed by atoms with Gasteiger partial charge in [0.1, 0.15) is 0 Å². The van der Waals surface area contributed by atoms with Crippen molar-refractivity contribution in [1.29, 1.82) is 5.26 Å². The Morgan fingerprint density at radius 3 is 1.82 bits per heavy atom. The molecule has 0 aliphatic heterocycles. The minimum atomic E-state index is -0.639. The molecule has 0 saturated carbocycles. The molecule has 0 unspecified atom stereocenters. The SMILES string of the molecule is N#CNC(=O)S.NC(=O)S.[H-].[Na+]. The molecule has 8 heteroatoms. The summed E-state index contributed by atoms with van der Waals surface area (Å²) in [6.07, 6.45) is 1.39. The molecule has 0 aromatic carbocycles. The Balaban J connectivity index is -0.0000000483. The van der Waals surface area contributed by atoms with Crippen LogP contribution in [0.2, 0.25) is 0 Å². The van der Waals surface area contributed by atoms with Gasteiger partial charge in [-0.05, 0) is 0 Å². The summed E-state index contributed by atoms with van der Waals surface area (Å²) < 4.78 is 0. The Morgan fingerprint density at radius 2 is 1.82 bits per heavy atom. The van der Waals surface area contributed by atoms with E-state index >= 15 is 0 Å². The van der Waals surface area contributed by atoms with Crippen LogP contribution >= 0.6 is 25.3 Å². The minimum Gasteiger partial charge on any atom is -1.00 e. The zero-order valence-corrected chi connectivity index (χ0v) is 9.52. The Morgan fingerprint density at radius 1 is 1.55 bits per heavy atom. The Bertz CT molecular complexity index is 169. The summed E-state index contributed by atoms with van der Waals surface area (Å²) in [5.41, 5.74) is 4.34. The molecule has 3 N–H and O–H groups in total. The van der Waals surface area contributed by atoms with Crippen molar-refractivity contribution < 1.29 is 40.6 Å². The first-order valence-electron chi connectivity index (χ1n) is 1.87. The maximum Gasteiger partial charge on any atom is 1.00 e. The van der Waals surface area contributed by atoms with Gasteiger partial charge in [-0.25, -0.2) is 0 Å². The van der Waals surface area contributed by atoms with Crippen molar-refractivity contribution in [3.63, 3.8) is 0 Å². The third kappa shape index (κ3) is 68.3. The number of rotatable bonds is 0. The van der Waals surface area contributed by atoms with Gasteiger partial charge in [-0.3, -0.25) is 14.9 Å². The molecule has 0 rings (SSSR count). The van der Waals surface area contributed by atoms with Gasteiger partial charge in [-0.1, -0.05) is 25.3 Å². The van der Waals surface area contributed by atoms with Gasteiger partial charge in [0.25, 0.3) is 10.5 Å². The van der Waals surface area contributed by atoms with Gasteiger partial charge in [-0.15, -0.1) is 0 Å². The van der Waals surface area contributed by atoms with Gasteiger partial charge >= 0.3 is 29.6 Å². The number of primary amides is 1. The first-order valence-corrected chi connectivity index (χ1v) is 2.76. The third-order valence-electron chi connectivity index (χ3n) is 0.163. The average molecular weight is 203 g/mol. The number of carbonyl (C=O) groups is 2. The van der Waals surface area contributed by atoms with Gasteiger partial charge in [0.15, 0.2) is 6.19 Å². The summed E-state index contributed by atoms with van der Waals surface area (Å²) in [4.78, 5) is 18.7. The molecular weight excluding hydrogens is 197 g/mol. The summed E-state index contributed by atoms with van der Waals surface area (Å²) in [5.74, 6) is 0. The summed E-state index contributed by atoms with van der Waals surface area (Å²) >= 11 is 6.31. The second kappa shape index (κ2) is 12.8. The van der Waals surface area contributed by atoms with Crippen LogP contribution in [0.15, 0.2) is 0 Å². The number of hydrogen-bond donors (Lipinski definition) is 4. The molecule has 0 aliphatic carbocycles. The van der Waals surface area contributed by atoms with E-state index in [2.05, 4.69) is 31.0 Å². The average Bonchev–Trinajstić information content (AvgIpc) is 1.62. The third-order valence-corrected chi connectivity index (χ3v) is 0.275. The number of nitrogens with zero attached hydrogens (tertiary/aromatic N) is 1. The zero-order chi connectivity index (χ0) is 8.57. The van der Waals surface area contributed by atoms with Gasteiger partial charge in [0.05, 0.1) is 0 Å². The fraction of sp³-hybridized carbons (Fsp3) is 0. The fourth-order valence-electron chi connectivity index (χ4n) is 0.0478. The van der Waals surface area contributed by atoms with Crippen molar-refractivity contribution in [2.24, 2.45) is 5.73 Å². The number of nitrogens with two attached hydrogens (primary N) is 1. The molecule has 0 heterocycles. The first kappa shape index (κ1) is 17.3. The van der Waals surface area contributed by atoms with E-state index in [4.69, 9.17) is 10.1 Å². The van der Waals surface area contributed by atoms with Crippen molar-refractivity contribution in [2.75, 3.05) is 0 Å². The molecule has 0 spiro atoms. The molecule has 0 saturated heterocycles. The van der Waals surface area contributed by atoms with Crippen molar-refractivity contribution in [3.05, 3.63) is 0 Å². The largest absolute Gasteiger partial charge is 1.00 e. The van der Waals surface area contributed by atoms with Gasteiger partial charge in [0.2, 0.25) is 0 Å². The second-order valence-electron chi connectivity index (χ2n) is 0.880. The monoisotopic (exact) mass is 203 g/mol. The van der Waals surface area contributed by atoms with E-state index in [1.54, 1.807) is 5.32 Å². The van der Waals surface area contributed by atoms with Crippen LogP contribution in [-0.4, -0.2) is 10.5 Å². The van der Waals surface area contributed by atoms with Gasteiger partial charge in [-0.2, -0.15) is 5.26 Å². The van der Waals surface area contributed by atoms with Gasteiger partial charge < -0.3 is 7.16 Å². The molecule has 0 bridgehead atoms. The van der Waals surface area contributed by atoms with E-state index in [1.165, 1.54) is 6.19 Å². The summed E-state index contributed by atoms with van der Waals surface area (Å²) in [6.45, 7) is 0.